The van der Waals surface area contributed by atoms with E-state index in [9.17, 15) is 8.42 Å². The second-order valence-electron chi connectivity index (χ2n) is 2.32. The third-order valence-corrected chi connectivity index (χ3v) is 1.61. The zero-order valence-electron chi connectivity index (χ0n) is 6.67. The molecule has 0 bridgehead atoms. The summed E-state index contributed by atoms with van der Waals surface area (Å²) >= 11 is 0. The lowest BCUT2D eigenvalue weighted by atomic mass is 10.2. The third kappa shape index (κ3) is 4.58. The molecule has 1 aromatic carbocycles. The lowest BCUT2D eigenvalue weighted by molar-refractivity contribution is 0.170. The molecule has 0 aromatic heterocycles. The van der Waals surface area contributed by atoms with Gasteiger partial charge in [0.15, 0.2) is 0 Å². The minimum absolute atomic E-state index is 0.209. The van der Waals surface area contributed by atoms with Crippen LogP contribution in [-0.2, 0) is 21.2 Å². The number of rotatable bonds is 4. The van der Waals surface area contributed by atoms with E-state index in [4.69, 9.17) is 4.55 Å². The predicted octanol–water partition coefficient (Wildman–Crippen LogP) is 0.511. The molecule has 0 saturated heterocycles. The minimum Gasteiger partial charge on any atom is -0.262 e. The van der Waals surface area contributed by atoms with Crippen molar-refractivity contribution in [1.29, 1.82) is 0 Å². The van der Waals surface area contributed by atoms with Gasteiger partial charge in [0.1, 0.15) is 0 Å². The van der Waals surface area contributed by atoms with E-state index in [0.29, 0.717) is 0 Å². The Bertz CT molecular complexity index is 348. The first-order chi connectivity index (χ1) is 6.08. The molecule has 0 radical (unpaired) electrons. The van der Waals surface area contributed by atoms with Gasteiger partial charge in [-0.05, 0) is 5.56 Å². The first-order valence-electron chi connectivity index (χ1n) is 3.50. The van der Waals surface area contributed by atoms with E-state index in [0.717, 1.165) is 5.56 Å². The van der Waals surface area contributed by atoms with Crippen molar-refractivity contribution in [2.45, 2.75) is 6.54 Å². The maximum Gasteiger partial charge on any atom is 0.413 e. The van der Waals surface area contributed by atoms with Gasteiger partial charge in [-0.1, -0.05) is 30.3 Å². The average molecular weight is 203 g/mol. The van der Waals surface area contributed by atoms with E-state index in [1.165, 1.54) is 0 Å². The van der Waals surface area contributed by atoms with Crippen molar-refractivity contribution >= 4 is 10.4 Å². The van der Waals surface area contributed by atoms with Crippen LogP contribution >= 0.6 is 0 Å². The molecule has 72 valence electrons. The van der Waals surface area contributed by atoms with Crippen molar-refractivity contribution < 1.29 is 17.3 Å². The Morgan fingerprint density at radius 1 is 1.31 bits per heavy atom. The second kappa shape index (κ2) is 4.33. The molecule has 6 heteroatoms. The first-order valence-corrected chi connectivity index (χ1v) is 4.87. The van der Waals surface area contributed by atoms with Gasteiger partial charge in [0, 0.05) is 6.54 Å². The number of hydrogen-bond acceptors (Lipinski definition) is 4. The highest BCUT2D eigenvalue weighted by Gasteiger charge is 2.02. The van der Waals surface area contributed by atoms with Crippen molar-refractivity contribution in [3.63, 3.8) is 0 Å². The summed E-state index contributed by atoms with van der Waals surface area (Å²) in [6, 6.07) is 9.04. The molecule has 1 aromatic rings. The topological polar surface area (TPSA) is 75.6 Å². The quantitative estimate of drug-likeness (QED) is 0.551. The molecule has 0 saturated carbocycles. The lowest BCUT2D eigenvalue weighted by Gasteiger charge is -2.01. The Kier molecular flexibility index (Phi) is 3.38. The smallest absolute Gasteiger partial charge is 0.262 e. The highest BCUT2D eigenvalue weighted by molar-refractivity contribution is 7.80. The van der Waals surface area contributed by atoms with Crippen molar-refractivity contribution in [3.05, 3.63) is 35.9 Å². The van der Waals surface area contributed by atoms with Crippen LogP contribution in [0.3, 0.4) is 0 Å². The molecule has 0 aliphatic rings. The summed E-state index contributed by atoms with van der Waals surface area (Å²) in [6.07, 6.45) is 0. The standard InChI is InChI=1S/C7H9NO4S/c9-13(10,11)12-8-6-7-4-2-1-3-5-7/h1-5,8H,6H2,(H,9,10,11). The summed E-state index contributed by atoms with van der Waals surface area (Å²) in [5.74, 6) is 0. The van der Waals surface area contributed by atoms with E-state index >= 15 is 0 Å². The van der Waals surface area contributed by atoms with Crippen molar-refractivity contribution in [2.75, 3.05) is 0 Å². The van der Waals surface area contributed by atoms with Gasteiger partial charge >= 0.3 is 10.4 Å². The van der Waals surface area contributed by atoms with Crippen LogP contribution in [0, 0.1) is 0 Å². The van der Waals surface area contributed by atoms with Gasteiger partial charge < -0.3 is 0 Å². The van der Waals surface area contributed by atoms with Gasteiger partial charge in [-0.2, -0.15) is 18.2 Å². The van der Waals surface area contributed by atoms with E-state index in [1.807, 2.05) is 18.2 Å². The van der Waals surface area contributed by atoms with Crippen LogP contribution in [-0.4, -0.2) is 13.0 Å². The fourth-order valence-electron chi connectivity index (χ4n) is 0.783. The summed E-state index contributed by atoms with van der Waals surface area (Å²) in [7, 11) is -4.41. The molecular formula is C7H9NO4S. The normalized spacial score (nSPS) is 11.5. The van der Waals surface area contributed by atoms with Gasteiger partial charge in [-0.3, -0.25) is 4.55 Å². The number of nitrogens with one attached hydrogen (secondary N) is 1. The van der Waals surface area contributed by atoms with Gasteiger partial charge in [0.2, 0.25) is 0 Å². The number of hydrogen-bond donors (Lipinski definition) is 2. The summed E-state index contributed by atoms with van der Waals surface area (Å²) in [4.78, 5) is 0. The molecule has 0 unspecified atom stereocenters. The van der Waals surface area contributed by atoms with E-state index in [-0.39, 0.29) is 6.54 Å². The molecule has 1 rings (SSSR count). The lowest BCUT2D eigenvalue weighted by Crippen LogP contribution is -2.18. The molecule has 0 atom stereocenters. The van der Waals surface area contributed by atoms with E-state index < -0.39 is 10.4 Å². The Morgan fingerprint density at radius 3 is 2.46 bits per heavy atom. The average Bonchev–Trinajstić information content (AvgIpc) is 2.04. The Morgan fingerprint density at radius 2 is 1.92 bits per heavy atom. The summed E-state index contributed by atoms with van der Waals surface area (Å²) in [5.41, 5.74) is 2.96. The molecule has 0 spiro atoms. The summed E-state index contributed by atoms with van der Waals surface area (Å²) in [6.45, 7) is 0.209. The van der Waals surface area contributed by atoms with Gasteiger partial charge in [-0.15, -0.1) is 0 Å². The largest absolute Gasteiger partial charge is 0.413 e. The molecule has 0 aliphatic heterocycles. The Hall–Kier alpha value is -0.950. The fraction of sp³-hybridized carbons (Fsp3) is 0.143. The zero-order valence-corrected chi connectivity index (χ0v) is 7.49. The SMILES string of the molecule is O=S(=O)(O)ONCc1ccccc1. The summed E-state index contributed by atoms with van der Waals surface area (Å²) in [5, 5.41) is 0. The first kappa shape index (κ1) is 10.1. The fourth-order valence-corrected chi connectivity index (χ4v) is 0.991. The highest BCUT2D eigenvalue weighted by atomic mass is 32.3. The molecule has 2 N–H and O–H groups in total. The molecular weight excluding hydrogens is 194 g/mol. The van der Waals surface area contributed by atoms with Crippen LogP contribution in [0.25, 0.3) is 0 Å². The van der Waals surface area contributed by atoms with Crippen LogP contribution in [0.2, 0.25) is 0 Å². The van der Waals surface area contributed by atoms with Gasteiger partial charge in [0.05, 0.1) is 0 Å². The maximum absolute atomic E-state index is 10.1. The molecule has 13 heavy (non-hydrogen) atoms. The van der Waals surface area contributed by atoms with Crippen molar-refractivity contribution in [3.8, 4) is 0 Å². The Balaban J connectivity index is 2.37. The van der Waals surface area contributed by atoms with E-state index in [1.54, 1.807) is 12.1 Å². The molecule has 0 amide bonds. The van der Waals surface area contributed by atoms with Gasteiger partial charge in [-0.25, -0.2) is 0 Å². The maximum atomic E-state index is 10.1. The number of benzene rings is 1. The van der Waals surface area contributed by atoms with Crippen LogP contribution in [0.5, 0.6) is 0 Å². The monoisotopic (exact) mass is 203 g/mol. The predicted molar refractivity (Wildman–Crippen MR) is 45.9 cm³/mol. The zero-order chi connectivity index (χ0) is 9.73. The molecule has 0 heterocycles. The van der Waals surface area contributed by atoms with Crippen LogP contribution in [0.15, 0.2) is 30.3 Å². The minimum atomic E-state index is -4.41. The van der Waals surface area contributed by atoms with Crippen LogP contribution in [0.1, 0.15) is 5.56 Å². The molecule has 5 nitrogen and oxygen atoms in total. The molecule has 0 aliphatic carbocycles. The Labute approximate surface area is 76.3 Å². The highest BCUT2D eigenvalue weighted by Crippen LogP contribution is 1.97. The van der Waals surface area contributed by atoms with Crippen molar-refractivity contribution in [2.24, 2.45) is 0 Å². The van der Waals surface area contributed by atoms with Gasteiger partial charge in [0.25, 0.3) is 0 Å². The van der Waals surface area contributed by atoms with Crippen molar-refractivity contribution in [1.82, 2.24) is 5.48 Å². The summed E-state index contributed by atoms with van der Waals surface area (Å²) < 4.78 is 32.3. The second-order valence-corrected chi connectivity index (χ2v) is 3.34. The molecule has 0 fully saturated rings. The third-order valence-electron chi connectivity index (χ3n) is 1.28. The number of hydroxylamine groups is 1. The van der Waals surface area contributed by atoms with Crippen LogP contribution in [0.4, 0.5) is 0 Å². The van der Waals surface area contributed by atoms with Crippen LogP contribution < -0.4 is 5.48 Å². The van der Waals surface area contributed by atoms with E-state index in [2.05, 4.69) is 9.76 Å².